The third-order valence-corrected chi connectivity index (χ3v) is 5.31. The summed E-state index contributed by atoms with van der Waals surface area (Å²) < 4.78 is 0. The number of rotatable bonds is 5. The lowest BCUT2D eigenvalue weighted by molar-refractivity contribution is 0.319. The van der Waals surface area contributed by atoms with Crippen molar-refractivity contribution in [1.29, 1.82) is 0 Å². The smallest absolute Gasteiger partial charge is 0.0837 e. The molecule has 24 heavy (non-hydrogen) atoms. The lowest BCUT2D eigenvalue weighted by Gasteiger charge is -2.33. The predicted octanol–water partition coefficient (Wildman–Crippen LogP) is 4.44. The average Bonchev–Trinajstić information content (AvgIpc) is 2.59. The lowest BCUT2D eigenvalue weighted by atomic mass is 10.1. The summed E-state index contributed by atoms with van der Waals surface area (Å²) in [4.78, 5) is 7.13. The van der Waals surface area contributed by atoms with E-state index >= 15 is 0 Å². The highest BCUT2D eigenvalue weighted by Crippen LogP contribution is 2.48. The maximum absolute atomic E-state index is 9.08. The molecule has 2 aromatic carbocycles. The van der Waals surface area contributed by atoms with E-state index in [1.54, 1.807) is 11.8 Å². The molecule has 4 nitrogen and oxygen atoms in total. The van der Waals surface area contributed by atoms with Crippen LogP contribution in [0.2, 0.25) is 0 Å². The van der Waals surface area contributed by atoms with Crippen molar-refractivity contribution in [1.82, 2.24) is 4.90 Å². The van der Waals surface area contributed by atoms with E-state index in [0.717, 1.165) is 25.1 Å². The predicted molar refractivity (Wildman–Crippen MR) is 101 cm³/mol. The molecule has 0 amide bonds. The van der Waals surface area contributed by atoms with Crippen LogP contribution in [0.25, 0.3) is 0 Å². The van der Waals surface area contributed by atoms with Gasteiger partial charge in [0, 0.05) is 21.9 Å². The highest BCUT2D eigenvalue weighted by Gasteiger charge is 2.23. The Morgan fingerprint density at radius 2 is 1.88 bits per heavy atom. The first-order valence-electron chi connectivity index (χ1n) is 8.12. The second-order valence-electron chi connectivity index (χ2n) is 6.25. The zero-order valence-corrected chi connectivity index (χ0v) is 15.2. The number of benzene rings is 2. The molecule has 1 aliphatic heterocycles. The first-order chi connectivity index (χ1) is 11.6. The highest BCUT2D eigenvalue weighted by molar-refractivity contribution is 7.99. The summed E-state index contributed by atoms with van der Waals surface area (Å²) in [5.41, 5.74) is 4.03. The van der Waals surface area contributed by atoms with E-state index in [0.29, 0.717) is 5.71 Å². The maximum atomic E-state index is 9.08. The van der Waals surface area contributed by atoms with Gasteiger partial charge in [0.25, 0.3) is 0 Å². The number of fused-ring (bicyclic) bond motifs is 2. The second kappa shape index (κ2) is 7.28. The third-order valence-electron chi connectivity index (χ3n) is 4.18. The Labute approximate surface area is 147 Å². The summed E-state index contributed by atoms with van der Waals surface area (Å²) in [6.45, 7) is 3.83. The molecule has 1 N–H and O–H groups in total. The Morgan fingerprint density at radius 3 is 2.62 bits per heavy atom. The molecule has 2 aromatic rings. The first-order valence-corrected chi connectivity index (χ1v) is 8.94. The fourth-order valence-electron chi connectivity index (χ4n) is 2.90. The van der Waals surface area contributed by atoms with Crippen LogP contribution < -0.4 is 4.90 Å². The number of anilines is 2. The third kappa shape index (κ3) is 3.42. The van der Waals surface area contributed by atoms with Crippen LogP contribution in [-0.4, -0.2) is 43.0 Å². The highest BCUT2D eigenvalue weighted by atomic mass is 32.2. The maximum Gasteiger partial charge on any atom is 0.0837 e. The molecule has 0 saturated carbocycles. The Kier molecular flexibility index (Phi) is 5.11. The molecule has 0 spiro atoms. The summed E-state index contributed by atoms with van der Waals surface area (Å²) in [5.74, 6) is 0. The second-order valence-corrected chi connectivity index (χ2v) is 7.33. The number of para-hydroxylation sites is 1. The van der Waals surface area contributed by atoms with Gasteiger partial charge in [0.2, 0.25) is 0 Å². The van der Waals surface area contributed by atoms with E-state index in [1.165, 1.54) is 21.2 Å². The van der Waals surface area contributed by atoms with E-state index < -0.39 is 0 Å². The zero-order valence-electron chi connectivity index (χ0n) is 14.4. The van der Waals surface area contributed by atoms with Crippen molar-refractivity contribution in [2.45, 2.75) is 23.1 Å². The van der Waals surface area contributed by atoms with Gasteiger partial charge < -0.3 is 15.0 Å². The van der Waals surface area contributed by atoms with Gasteiger partial charge in [-0.25, -0.2) is 0 Å². The van der Waals surface area contributed by atoms with Crippen molar-refractivity contribution in [3.05, 3.63) is 48.0 Å². The van der Waals surface area contributed by atoms with Gasteiger partial charge >= 0.3 is 0 Å². The molecule has 0 aliphatic carbocycles. The SMILES string of the molecule is C/C(=N\O)c1ccc2c(c1)N(CCCN(C)C)c1ccccc1S2. The monoisotopic (exact) mass is 341 g/mol. The number of nitrogens with zero attached hydrogens (tertiary/aromatic N) is 3. The van der Waals surface area contributed by atoms with Gasteiger partial charge in [0.15, 0.2) is 0 Å². The lowest BCUT2D eigenvalue weighted by Crippen LogP contribution is -2.25. The van der Waals surface area contributed by atoms with Crippen molar-refractivity contribution < 1.29 is 5.21 Å². The van der Waals surface area contributed by atoms with Gasteiger partial charge in [-0.2, -0.15) is 0 Å². The normalized spacial score (nSPS) is 13.8. The minimum atomic E-state index is 0.634. The van der Waals surface area contributed by atoms with Gasteiger partial charge in [-0.1, -0.05) is 35.1 Å². The molecular weight excluding hydrogens is 318 g/mol. The first kappa shape index (κ1) is 16.9. The molecule has 0 unspecified atom stereocenters. The molecule has 0 bridgehead atoms. The van der Waals surface area contributed by atoms with Crippen molar-refractivity contribution >= 4 is 28.8 Å². The van der Waals surface area contributed by atoms with Crippen LogP contribution in [0.3, 0.4) is 0 Å². The van der Waals surface area contributed by atoms with Gasteiger partial charge in [0.05, 0.1) is 17.1 Å². The fraction of sp³-hybridized carbons (Fsp3) is 0.316. The summed E-state index contributed by atoms with van der Waals surface area (Å²) in [7, 11) is 4.21. The molecule has 3 rings (SSSR count). The topological polar surface area (TPSA) is 39.1 Å². The Morgan fingerprint density at radius 1 is 1.12 bits per heavy atom. The molecule has 1 aliphatic rings. The van der Waals surface area contributed by atoms with Crippen LogP contribution >= 0.6 is 11.8 Å². The summed E-state index contributed by atoms with van der Waals surface area (Å²) in [5, 5.41) is 12.4. The average molecular weight is 341 g/mol. The summed E-state index contributed by atoms with van der Waals surface area (Å²) in [6, 6.07) is 14.8. The molecule has 0 aromatic heterocycles. The Hall–Kier alpha value is -1.98. The van der Waals surface area contributed by atoms with Gasteiger partial charge in [-0.05, 0) is 58.3 Å². The fourth-order valence-corrected chi connectivity index (χ4v) is 3.97. The standard InChI is InChI=1S/C19H23N3OS/c1-14(20-23)15-9-10-19-17(13-15)22(12-6-11-21(2)3)16-7-4-5-8-18(16)24-19/h4-5,7-10,13,23H,6,11-12H2,1-3H3/b20-14+. The molecule has 0 atom stereocenters. The van der Waals surface area contributed by atoms with Crippen LogP contribution in [0.1, 0.15) is 18.9 Å². The van der Waals surface area contributed by atoms with Crippen LogP contribution in [-0.2, 0) is 0 Å². The van der Waals surface area contributed by atoms with E-state index in [2.05, 4.69) is 65.4 Å². The summed E-state index contributed by atoms with van der Waals surface area (Å²) in [6.07, 6.45) is 1.09. The summed E-state index contributed by atoms with van der Waals surface area (Å²) >= 11 is 1.80. The Balaban J connectivity index is 1.99. The minimum absolute atomic E-state index is 0.634. The Bertz CT molecular complexity index is 758. The molecule has 1 heterocycles. The minimum Gasteiger partial charge on any atom is -0.411 e. The largest absolute Gasteiger partial charge is 0.411 e. The number of oxime groups is 1. The van der Waals surface area contributed by atoms with E-state index in [4.69, 9.17) is 5.21 Å². The molecule has 0 radical (unpaired) electrons. The van der Waals surface area contributed by atoms with E-state index in [-0.39, 0.29) is 0 Å². The number of hydrogen-bond acceptors (Lipinski definition) is 5. The van der Waals surface area contributed by atoms with Gasteiger partial charge in [0.1, 0.15) is 0 Å². The van der Waals surface area contributed by atoms with Crippen molar-refractivity contribution in [2.75, 3.05) is 32.1 Å². The molecule has 0 fully saturated rings. The van der Waals surface area contributed by atoms with Crippen LogP contribution in [0.5, 0.6) is 0 Å². The van der Waals surface area contributed by atoms with Crippen LogP contribution in [0, 0.1) is 0 Å². The molecule has 5 heteroatoms. The van der Waals surface area contributed by atoms with Gasteiger partial charge in [-0.3, -0.25) is 0 Å². The van der Waals surface area contributed by atoms with E-state index in [1.807, 2.05) is 13.0 Å². The van der Waals surface area contributed by atoms with Gasteiger partial charge in [-0.15, -0.1) is 0 Å². The molecule has 0 saturated heterocycles. The quantitative estimate of drug-likeness (QED) is 0.496. The van der Waals surface area contributed by atoms with Crippen molar-refractivity contribution in [2.24, 2.45) is 5.16 Å². The number of hydrogen-bond donors (Lipinski definition) is 1. The van der Waals surface area contributed by atoms with Crippen molar-refractivity contribution in [3.8, 4) is 0 Å². The molecular formula is C19H23N3OS. The zero-order chi connectivity index (χ0) is 17.1. The molecule has 126 valence electrons. The van der Waals surface area contributed by atoms with E-state index in [9.17, 15) is 0 Å². The van der Waals surface area contributed by atoms with Crippen LogP contribution in [0.4, 0.5) is 11.4 Å². The van der Waals surface area contributed by atoms with Crippen molar-refractivity contribution in [3.63, 3.8) is 0 Å². The van der Waals surface area contributed by atoms with Crippen LogP contribution in [0.15, 0.2) is 57.4 Å².